The van der Waals surface area contributed by atoms with Gasteiger partial charge in [-0.3, -0.25) is 20.6 Å². The van der Waals surface area contributed by atoms with Crippen molar-refractivity contribution in [3.63, 3.8) is 0 Å². The molecule has 2 heterocycles. The minimum Gasteiger partial charge on any atom is -0.494 e. The molecule has 0 unspecified atom stereocenters. The third-order valence-electron chi connectivity index (χ3n) is 3.96. The number of anilines is 4. The summed E-state index contributed by atoms with van der Waals surface area (Å²) >= 11 is 0. The van der Waals surface area contributed by atoms with E-state index in [4.69, 9.17) is 10.5 Å². The van der Waals surface area contributed by atoms with E-state index in [0.717, 1.165) is 24.3 Å². The largest absolute Gasteiger partial charge is 0.494 e. The molecule has 3 aromatic rings. The summed E-state index contributed by atoms with van der Waals surface area (Å²) in [5, 5.41) is 3.13. The number of pyridine rings is 1. The number of amides is 1. The lowest BCUT2D eigenvalue weighted by Gasteiger charge is -2.13. The molecule has 1 aromatic carbocycles. The fraction of sp³-hybridized carbons (Fsp3) is 0.200. The van der Waals surface area contributed by atoms with E-state index in [1.165, 1.54) is 12.5 Å². The van der Waals surface area contributed by atoms with Gasteiger partial charge < -0.3 is 15.8 Å². The maximum atomic E-state index is 12.1. The van der Waals surface area contributed by atoms with Crippen molar-refractivity contribution in [2.75, 3.05) is 23.1 Å². The van der Waals surface area contributed by atoms with E-state index in [9.17, 15) is 4.79 Å². The molecule has 0 saturated carbocycles. The Morgan fingerprint density at radius 3 is 2.59 bits per heavy atom. The van der Waals surface area contributed by atoms with Gasteiger partial charge in [-0.05, 0) is 42.8 Å². The van der Waals surface area contributed by atoms with Gasteiger partial charge in [-0.25, -0.2) is 9.97 Å². The van der Waals surface area contributed by atoms with Gasteiger partial charge in [0.15, 0.2) is 11.6 Å². The Hall–Kier alpha value is -3.88. The minimum atomic E-state index is -0.406. The Morgan fingerprint density at radius 1 is 1.07 bits per heavy atom. The van der Waals surface area contributed by atoms with Crippen LogP contribution in [0.2, 0.25) is 0 Å². The number of ether oxygens (including phenoxy) is 1. The second-order valence-electron chi connectivity index (χ2n) is 6.13. The monoisotopic (exact) mass is 393 g/mol. The second-order valence-corrected chi connectivity index (χ2v) is 6.13. The summed E-state index contributed by atoms with van der Waals surface area (Å²) in [7, 11) is 0. The van der Waals surface area contributed by atoms with Crippen LogP contribution in [0.15, 0.2) is 55.0 Å². The number of unbranched alkanes of at least 4 members (excludes halogenated alkanes) is 1. The van der Waals surface area contributed by atoms with Crippen LogP contribution in [0, 0.1) is 0 Å². The van der Waals surface area contributed by atoms with Gasteiger partial charge in [0.25, 0.3) is 5.91 Å². The quantitative estimate of drug-likeness (QED) is 0.322. The zero-order valence-corrected chi connectivity index (χ0v) is 16.1. The molecule has 0 aliphatic rings. The smallest absolute Gasteiger partial charge is 0.288 e. The SMILES string of the molecule is CCCCOc1ccc(Nc2ncnc(NNC(=O)c3ccccn3)c2N)cc1. The van der Waals surface area contributed by atoms with E-state index in [0.29, 0.717) is 12.4 Å². The molecule has 150 valence electrons. The topological polar surface area (TPSA) is 127 Å². The predicted molar refractivity (Wildman–Crippen MR) is 112 cm³/mol. The normalized spacial score (nSPS) is 10.2. The first kappa shape index (κ1) is 19.9. The standard InChI is InChI=1S/C20H23N7O2/c1-2-3-12-29-15-9-7-14(8-10-15)25-18-17(21)19(24-13-23-18)26-27-20(28)16-6-4-5-11-22-16/h4-11,13H,2-3,12,21H2,1H3,(H,27,28)(H2,23,24,25,26). The summed E-state index contributed by atoms with van der Waals surface area (Å²) in [6.45, 7) is 2.82. The van der Waals surface area contributed by atoms with Crippen molar-refractivity contribution in [3.8, 4) is 5.75 Å². The number of benzene rings is 1. The third-order valence-corrected chi connectivity index (χ3v) is 3.96. The van der Waals surface area contributed by atoms with Gasteiger partial charge in [0.1, 0.15) is 23.5 Å². The fourth-order valence-electron chi connectivity index (χ4n) is 2.38. The number of hydrogen-bond donors (Lipinski definition) is 4. The maximum Gasteiger partial charge on any atom is 0.288 e. The molecule has 29 heavy (non-hydrogen) atoms. The molecule has 0 saturated heterocycles. The van der Waals surface area contributed by atoms with Crippen LogP contribution in [0.3, 0.4) is 0 Å². The molecule has 0 fully saturated rings. The van der Waals surface area contributed by atoms with Gasteiger partial charge in [-0.15, -0.1) is 0 Å². The first-order chi connectivity index (χ1) is 14.2. The van der Waals surface area contributed by atoms with Crippen LogP contribution in [-0.2, 0) is 0 Å². The molecule has 3 rings (SSSR count). The molecule has 0 atom stereocenters. The van der Waals surface area contributed by atoms with Crippen LogP contribution in [0.1, 0.15) is 30.3 Å². The Balaban J connectivity index is 1.62. The van der Waals surface area contributed by atoms with Crippen LogP contribution in [0.4, 0.5) is 23.0 Å². The van der Waals surface area contributed by atoms with Crippen LogP contribution in [-0.4, -0.2) is 27.5 Å². The zero-order chi connectivity index (χ0) is 20.5. The highest BCUT2D eigenvalue weighted by Crippen LogP contribution is 2.26. The Morgan fingerprint density at radius 2 is 1.86 bits per heavy atom. The molecule has 0 spiro atoms. The van der Waals surface area contributed by atoms with E-state index in [-0.39, 0.29) is 17.2 Å². The highest BCUT2D eigenvalue weighted by molar-refractivity contribution is 5.93. The van der Waals surface area contributed by atoms with Crippen molar-refractivity contribution in [1.82, 2.24) is 20.4 Å². The Labute approximate surface area is 168 Å². The number of hydrazine groups is 1. The maximum absolute atomic E-state index is 12.1. The first-order valence-electron chi connectivity index (χ1n) is 9.25. The lowest BCUT2D eigenvalue weighted by Crippen LogP contribution is -2.31. The lowest BCUT2D eigenvalue weighted by atomic mass is 10.3. The van der Waals surface area contributed by atoms with Gasteiger partial charge in [0.2, 0.25) is 0 Å². The van der Waals surface area contributed by atoms with Crippen molar-refractivity contribution in [2.45, 2.75) is 19.8 Å². The Kier molecular flexibility index (Phi) is 6.77. The number of carbonyl (C=O) groups is 1. The number of carbonyl (C=O) groups excluding carboxylic acids is 1. The molecular formula is C20H23N7O2. The van der Waals surface area contributed by atoms with Gasteiger partial charge in [-0.2, -0.15) is 0 Å². The fourth-order valence-corrected chi connectivity index (χ4v) is 2.38. The van der Waals surface area contributed by atoms with Gasteiger partial charge in [-0.1, -0.05) is 19.4 Å². The van der Waals surface area contributed by atoms with Crippen molar-refractivity contribution < 1.29 is 9.53 Å². The van der Waals surface area contributed by atoms with E-state index >= 15 is 0 Å². The summed E-state index contributed by atoms with van der Waals surface area (Å²) < 4.78 is 5.65. The van der Waals surface area contributed by atoms with E-state index in [1.807, 2.05) is 24.3 Å². The lowest BCUT2D eigenvalue weighted by molar-refractivity contribution is 0.0957. The number of nitrogens with two attached hydrogens (primary N) is 1. The van der Waals surface area contributed by atoms with Gasteiger partial charge >= 0.3 is 0 Å². The molecule has 5 N–H and O–H groups in total. The molecule has 1 amide bonds. The van der Waals surface area contributed by atoms with Crippen molar-refractivity contribution in [3.05, 3.63) is 60.7 Å². The zero-order valence-electron chi connectivity index (χ0n) is 16.1. The predicted octanol–water partition coefficient (Wildman–Crippen LogP) is 3.13. The van der Waals surface area contributed by atoms with Crippen LogP contribution >= 0.6 is 0 Å². The molecule has 0 bridgehead atoms. The van der Waals surface area contributed by atoms with E-state index in [1.54, 1.807) is 18.2 Å². The van der Waals surface area contributed by atoms with E-state index in [2.05, 4.69) is 38.0 Å². The average molecular weight is 393 g/mol. The summed E-state index contributed by atoms with van der Waals surface area (Å²) in [6, 6.07) is 12.6. The van der Waals surface area contributed by atoms with Gasteiger partial charge in [0.05, 0.1) is 6.61 Å². The number of nitrogens with one attached hydrogen (secondary N) is 3. The molecule has 0 aliphatic heterocycles. The number of nitrogens with zero attached hydrogens (tertiary/aromatic N) is 3. The number of nitrogen functional groups attached to an aromatic ring is 1. The van der Waals surface area contributed by atoms with Crippen LogP contribution in [0.5, 0.6) is 5.75 Å². The van der Waals surface area contributed by atoms with Crippen molar-refractivity contribution >= 4 is 28.9 Å². The van der Waals surface area contributed by atoms with E-state index < -0.39 is 5.91 Å². The molecule has 0 radical (unpaired) electrons. The van der Waals surface area contributed by atoms with Gasteiger partial charge in [0, 0.05) is 11.9 Å². The summed E-state index contributed by atoms with van der Waals surface area (Å²) in [4.78, 5) is 24.3. The second kappa shape index (κ2) is 9.88. The first-order valence-corrected chi connectivity index (χ1v) is 9.25. The summed E-state index contributed by atoms with van der Waals surface area (Å²) in [6.07, 6.45) is 4.99. The molecular weight excluding hydrogens is 370 g/mol. The summed E-state index contributed by atoms with van der Waals surface area (Å²) in [5.41, 5.74) is 12.7. The third kappa shape index (κ3) is 5.55. The number of hydrogen-bond acceptors (Lipinski definition) is 8. The van der Waals surface area contributed by atoms with Crippen molar-refractivity contribution in [2.24, 2.45) is 0 Å². The number of aromatic nitrogens is 3. The minimum absolute atomic E-state index is 0.261. The highest BCUT2D eigenvalue weighted by Gasteiger charge is 2.11. The average Bonchev–Trinajstić information content (AvgIpc) is 2.76. The molecule has 2 aromatic heterocycles. The summed E-state index contributed by atoms with van der Waals surface area (Å²) in [5.74, 6) is 1.08. The molecule has 9 nitrogen and oxygen atoms in total. The molecule has 0 aliphatic carbocycles. The number of rotatable bonds is 9. The molecule has 9 heteroatoms. The highest BCUT2D eigenvalue weighted by atomic mass is 16.5. The van der Waals surface area contributed by atoms with Crippen molar-refractivity contribution in [1.29, 1.82) is 0 Å². The Bertz CT molecular complexity index is 933. The van der Waals surface area contributed by atoms with Crippen LogP contribution in [0.25, 0.3) is 0 Å². The van der Waals surface area contributed by atoms with Crippen LogP contribution < -0.4 is 26.6 Å².